The topological polar surface area (TPSA) is 52.2 Å². The van der Waals surface area contributed by atoms with E-state index in [1.54, 1.807) is 22.7 Å². The van der Waals surface area contributed by atoms with Crippen LogP contribution < -0.4 is 5.56 Å². The molecule has 4 rings (SSSR count). The Morgan fingerprint density at radius 1 is 1.24 bits per heavy atom. The molecule has 0 N–H and O–H groups in total. The molecule has 0 spiro atoms. The van der Waals surface area contributed by atoms with Crippen LogP contribution in [0, 0.1) is 5.82 Å². The maximum absolute atomic E-state index is 13.2. The molecular formula is C15H13FN4O. The summed E-state index contributed by atoms with van der Waals surface area (Å²) in [4.78, 5) is 12.4. The van der Waals surface area contributed by atoms with Gasteiger partial charge >= 0.3 is 0 Å². The van der Waals surface area contributed by atoms with Crippen LogP contribution >= 0.6 is 0 Å². The van der Waals surface area contributed by atoms with Gasteiger partial charge in [-0.2, -0.15) is 0 Å². The zero-order chi connectivity index (χ0) is 14.4. The average molecular weight is 284 g/mol. The molecule has 5 nitrogen and oxygen atoms in total. The van der Waals surface area contributed by atoms with E-state index in [0.29, 0.717) is 18.1 Å². The summed E-state index contributed by atoms with van der Waals surface area (Å²) < 4.78 is 16.5. The molecule has 1 saturated carbocycles. The van der Waals surface area contributed by atoms with Crippen LogP contribution in [0.1, 0.15) is 30.1 Å². The standard InChI is InChI=1S/C15H13FN4O/c16-12-3-1-2-10(8-12)9-19-6-7-20-13(11-4-5-11)17-18-14(20)15(19)21/h1-3,6-8,11H,4-5,9H2. The van der Waals surface area contributed by atoms with Gasteiger partial charge in [0.05, 0.1) is 6.54 Å². The van der Waals surface area contributed by atoms with Crippen molar-refractivity contribution in [2.45, 2.75) is 25.3 Å². The lowest BCUT2D eigenvalue weighted by atomic mass is 10.2. The quantitative estimate of drug-likeness (QED) is 0.738. The molecule has 0 unspecified atom stereocenters. The van der Waals surface area contributed by atoms with Gasteiger partial charge in [0.2, 0.25) is 5.65 Å². The summed E-state index contributed by atoms with van der Waals surface area (Å²) in [6, 6.07) is 6.24. The highest BCUT2D eigenvalue weighted by atomic mass is 19.1. The molecule has 1 aliphatic carbocycles. The number of halogens is 1. The summed E-state index contributed by atoms with van der Waals surface area (Å²) in [6.45, 7) is 0.318. The first-order valence-electron chi connectivity index (χ1n) is 6.91. The van der Waals surface area contributed by atoms with Crippen molar-refractivity contribution in [2.75, 3.05) is 0 Å². The molecule has 0 atom stereocenters. The van der Waals surface area contributed by atoms with Crippen molar-refractivity contribution in [3.8, 4) is 0 Å². The Morgan fingerprint density at radius 2 is 2.10 bits per heavy atom. The summed E-state index contributed by atoms with van der Waals surface area (Å²) in [5.41, 5.74) is 0.861. The van der Waals surface area contributed by atoms with Crippen molar-refractivity contribution in [1.82, 2.24) is 19.2 Å². The van der Waals surface area contributed by atoms with E-state index in [2.05, 4.69) is 10.2 Å². The fourth-order valence-corrected chi connectivity index (χ4v) is 2.52. The monoisotopic (exact) mass is 284 g/mol. The van der Waals surface area contributed by atoms with Crippen LogP contribution in [-0.4, -0.2) is 19.2 Å². The van der Waals surface area contributed by atoms with Gasteiger partial charge in [0, 0.05) is 18.3 Å². The molecule has 0 saturated heterocycles. The largest absolute Gasteiger partial charge is 0.306 e. The second-order valence-electron chi connectivity index (χ2n) is 5.39. The van der Waals surface area contributed by atoms with Crippen molar-refractivity contribution in [3.63, 3.8) is 0 Å². The molecular weight excluding hydrogens is 271 g/mol. The van der Waals surface area contributed by atoms with Gasteiger partial charge in [0.25, 0.3) is 5.56 Å². The average Bonchev–Trinajstić information content (AvgIpc) is 3.22. The van der Waals surface area contributed by atoms with E-state index in [9.17, 15) is 9.18 Å². The molecule has 1 aliphatic rings. The normalized spacial score (nSPS) is 14.7. The van der Waals surface area contributed by atoms with E-state index in [4.69, 9.17) is 0 Å². The first-order chi connectivity index (χ1) is 10.2. The Kier molecular flexibility index (Phi) is 2.63. The van der Waals surface area contributed by atoms with Gasteiger partial charge in [-0.25, -0.2) is 4.39 Å². The zero-order valence-corrected chi connectivity index (χ0v) is 11.2. The van der Waals surface area contributed by atoms with E-state index >= 15 is 0 Å². The fourth-order valence-electron chi connectivity index (χ4n) is 2.52. The highest BCUT2D eigenvalue weighted by molar-refractivity contribution is 5.36. The van der Waals surface area contributed by atoms with Crippen molar-refractivity contribution in [3.05, 3.63) is 64.2 Å². The Balaban J connectivity index is 1.76. The number of rotatable bonds is 3. The second-order valence-corrected chi connectivity index (χ2v) is 5.39. The number of aromatic nitrogens is 4. The van der Waals surface area contributed by atoms with Gasteiger partial charge in [-0.1, -0.05) is 12.1 Å². The number of nitrogens with zero attached hydrogens (tertiary/aromatic N) is 4. The Labute approximate surface area is 119 Å². The Morgan fingerprint density at radius 3 is 2.86 bits per heavy atom. The first kappa shape index (κ1) is 12.3. The predicted molar refractivity (Wildman–Crippen MR) is 74.7 cm³/mol. The molecule has 3 aromatic rings. The molecule has 0 amide bonds. The number of hydrogen-bond donors (Lipinski definition) is 0. The number of hydrogen-bond acceptors (Lipinski definition) is 3. The minimum atomic E-state index is -0.305. The minimum Gasteiger partial charge on any atom is -0.306 e. The fraction of sp³-hybridized carbons (Fsp3) is 0.267. The number of benzene rings is 1. The molecule has 1 fully saturated rings. The molecule has 1 aromatic carbocycles. The molecule has 2 heterocycles. The van der Waals surface area contributed by atoms with Gasteiger partial charge in [0.1, 0.15) is 11.6 Å². The third-order valence-electron chi connectivity index (χ3n) is 3.75. The third-order valence-corrected chi connectivity index (χ3v) is 3.75. The lowest BCUT2D eigenvalue weighted by Crippen LogP contribution is -2.22. The molecule has 0 radical (unpaired) electrons. The molecule has 0 bridgehead atoms. The number of fused-ring (bicyclic) bond motifs is 1. The summed E-state index contributed by atoms with van der Waals surface area (Å²) in [5.74, 6) is 0.985. The summed E-state index contributed by atoms with van der Waals surface area (Å²) in [7, 11) is 0. The molecule has 0 aliphatic heterocycles. The van der Waals surface area contributed by atoms with Crippen molar-refractivity contribution in [2.24, 2.45) is 0 Å². The minimum absolute atomic E-state index is 0.207. The molecule has 106 valence electrons. The van der Waals surface area contributed by atoms with Crippen LogP contribution in [0.5, 0.6) is 0 Å². The lowest BCUT2D eigenvalue weighted by molar-refractivity contribution is 0.622. The van der Waals surface area contributed by atoms with Gasteiger partial charge in [-0.05, 0) is 30.5 Å². The van der Waals surface area contributed by atoms with Crippen molar-refractivity contribution < 1.29 is 4.39 Å². The first-order valence-corrected chi connectivity index (χ1v) is 6.91. The van der Waals surface area contributed by atoms with Gasteiger partial charge in [-0.3, -0.25) is 9.20 Å². The summed E-state index contributed by atoms with van der Waals surface area (Å²) in [6.07, 6.45) is 5.72. The van der Waals surface area contributed by atoms with E-state index in [-0.39, 0.29) is 11.4 Å². The smallest absolute Gasteiger partial charge is 0.296 e. The highest BCUT2D eigenvalue weighted by Gasteiger charge is 2.29. The van der Waals surface area contributed by atoms with Crippen LogP contribution in [0.2, 0.25) is 0 Å². The van der Waals surface area contributed by atoms with Crippen LogP contribution in [0.3, 0.4) is 0 Å². The molecule has 6 heteroatoms. The maximum Gasteiger partial charge on any atom is 0.296 e. The van der Waals surface area contributed by atoms with Crippen LogP contribution in [0.25, 0.3) is 5.65 Å². The molecule has 2 aromatic heterocycles. The zero-order valence-electron chi connectivity index (χ0n) is 11.2. The summed E-state index contributed by atoms with van der Waals surface area (Å²) in [5, 5.41) is 8.12. The van der Waals surface area contributed by atoms with Gasteiger partial charge < -0.3 is 4.57 Å². The second kappa shape index (κ2) is 4.51. The predicted octanol–water partition coefficient (Wildman–Crippen LogP) is 1.96. The Bertz CT molecular complexity index is 879. The van der Waals surface area contributed by atoms with Crippen LogP contribution in [-0.2, 0) is 6.54 Å². The van der Waals surface area contributed by atoms with E-state index in [0.717, 1.165) is 24.2 Å². The van der Waals surface area contributed by atoms with E-state index < -0.39 is 0 Å². The van der Waals surface area contributed by atoms with Crippen molar-refractivity contribution in [1.29, 1.82) is 0 Å². The van der Waals surface area contributed by atoms with Gasteiger partial charge in [-0.15, -0.1) is 10.2 Å². The SMILES string of the molecule is O=c1c2nnc(C3CC3)n2ccn1Cc1cccc(F)c1. The summed E-state index contributed by atoms with van der Waals surface area (Å²) >= 11 is 0. The van der Waals surface area contributed by atoms with E-state index in [1.165, 1.54) is 16.7 Å². The van der Waals surface area contributed by atoms with Crippen LogP contribution in [0.4, 0.5) is 4.39 Å². The van der Waals surface area contributed by atoms with E-state index in [1.807, 2.05) is 6.20 Å². The molecule has 21 heavy (non-hydrogen) atoms. The highest BCUT2D eigenvalue weighted by Crippen LogP contribution is 2.38. The van der Waals surface area contributed by atoms with Gasteiger partial charge in [0.15, 0.2) is 0 Å². The van der Waals surface area contributed by atoms with Crippen LogP contribution in [0.15, 0.2) is 41.5 Å². The maximum atomic E-state index is 13.2. The Hall–Kier alpha value is -2.50. The van der Waals surface area contributed by atoms with Crippen molar-refractivity contribution >= 4 is 5.65 Å². The third kappa shape index (κ3) is 2.12. The lowest BCUT2D eigenvalue weighted by Gasteiger charge is -2.06.